The second-order valence-electron chi connectivity index (χ2n) is 4.78. The Morgan fingerprint density at radius 2 is 2.29 bits per heavy atom. The van der Waals surface area contributed by atoms with Crippen molar-refractivity contribution in [3.8, 4) is 0 Å². The van der Waals surface area contributed by atoms with Crippen LogP contribution in [0.15, 0.2) is 36.2 Å². The molecular weight excluding hydrogens is 212 g/mol. The molecule has 0 aliphatic heterocycles. The van der Waals surface area contributed by atoms with E-state index in [2.05, 4.69) is 4.98 Å². The lowest BCUT2D eigenvalue weighted by molar-refractivity contribution is -0.127. The summed E-state index contributed by atoms with van der Waals surface area (Å²) in [7, 11) is 0. The maximum absolute atomic E-state index is 12.1. The topological polar surface area (TPSA) is 33.2 Å². The largest absolute Gasteiger partial charge is 0.332 e. The van der Waals surface area contributed by atoms with Crippen molar-refractivity contribution in [3.05, 3.63) is 41.7 Å². The summed E-state index contributed by atoms with van der Waals surface area (Å²) >= 11 is 0. The lowest BCUT2D eigenvalue weighted by Gasteiger charge is -2.21. The van der Waals surface area contributed by atoms with Crippen molar-refractivity contribution in [1.29, 1.82) is 0 Å². The van der Waals surface area contributed by atoms with E-state index in [1.807, 2.05) is 37.1 Å². The smallest absolute Gasteiger partial charge is 0.247 e. The van der Waals surface area contributed by atoms with Gasteiger partial charge in [0.2, 0.25) is 5.91 Å². The Kier molecular flexibility index (Phi) is 3.57. The molecule has 0 atom stereocenters. The van der Waals surface area contributed by atoms with Crippen LogP contribution in [0.3, 0.4) is 0 Å². The number of amides is 1. The van der Waals surface area contributed by atoms with Crippen molar-refractivity contribution >= 4 is 5.91 Å². The minimum absolute atomic E-state index is 0.122. The van der Waals surface area contributed by atoms with E-state index in [4.69, 9.17) is 0 Å². The second-order valence-corrected chi connectivity index (χ2v) is 4.78. The van der Waals surface area contributed by atoms with E-state index in [0.29, 0.717) is 12.6 Å². The van der Waals surface area contributed by atoms with Crippen molar-refractivity contribution in [2.45, 2.75) is 39.3 Å². The highest BCUT2D eigenvalue weighted by atomic mass is 16.2. The van der Waals surface area contributed by atoms with Crippen LogP contribution in [0.2, 0.25) is 0 Å². The zero-order chi connectivity index (χ0) is 12.3. The van der Waals surface area contributed by atoms with Gasteiger partial charge in [0.15, 0.2) is 0 Å². The summed E-state index contributed by atoms with van der Waals surface area (Å²) in [5.41, 5.74) is 2.14. The number of nitrogens with zero attached hydrogens (tertiary/aromatic N) is 2. The number of allylic oxidation sites excluding steroid dienone is 1. The van der Waals surface area contributed by atoms with Crippen molar-refractivity contribution in [2.75, 3.05) is 0 Å². The molecule has 17 heavy (non-hydrogen) atoms. The van der Waals surface area contributed by atoms with Gasteiger partial charge in [-0.25, -0.2) is 0 Å². The molecule has 1 aliphatic carbocycles. The summed E-state index contributed by atoms with van der Waals surface area (Å²) in [4.78, 5) is 18.1. The number of carbonyl (C=O) groups excluding carboxylic acids is 1. The number of pyridine rings is 1. The Labute approximate surface area is 102 Å². The lowest BCUT2D eigenvalue weighted by Crippen LogP contribution is -2.31. The molecule has 0 spiro atoms. The van der Waals surface area contributed by atoms with Crippen LogP contribution in [-0.2, 0) is 11.3 Å². The third kappa shape index (κ3) is 3.41. The molecule has 1 saturated carbocycles. The molecule has 3 nitrogen and oxygen atoms in total. The van der Waals surface area contributed by atoms with Gasteiger partial charge in [0.25, 0.3) is 0 Å². The van der Waals surface area contributed by atoms with Gasteiger partial charge in [0.1, 0.15) is 0 Å². The fourth-order valence-electron chi connectivity index (χ4n) is 1.79. The molecule has 1 fully saturated rings. The Morgan fingerprint density at radius 1 is 1.53 bits per heavy atom. The molecule has 90 valence electrons. The number of carbonyl (C=O) groups is 1. The lowest BCUT2D eigenvalue weighted by atomic mass is 10.2. The van der Waals surface area contributed by atoms with E-state index in [9.17, 15) is 4.79 Å². The fraction of sp³-hybridized carbons (Fsp3) is 0.429. The SMILES string of the molecule is CC(C)=CC(=O)N(Cc1cccnc1)C1CC1. The zero-order valence-corrected chi connectivity index (χ0v) is 10.4. The maximum atomic E-state index is 12.1. The number of hydrogen-bond acceptors (Lipinski definition) is 2. The van der Waals surface area contributed by atoms with E-state index in [1.165, 1.54) is 0 Å². The van der Waals surface area contributed by atoms with Gasteiger partial charge in [-0.1, -0.05) is 11.6 Å². The molecule has 0 bridgehead atoms. The van der Waals surface area contributed by atoms with Crippen LogP contribution in [0, 0.1) is 0 Å². The summed E-state index contributed by atoms with van der Waals surface area (Å²) < 4.78 is 0. The molecule has 1 aromatic rings. The number of aromatic nitrogens is 1. The van der Waals surface area contributed by atoms with Crippen LogP contribution in [0.1, 0.15) is 32.3 Å². The zero-order valence-electron chi connectivity index (χ0n) is 10.4. The van der Waals surface area contributed by atoms with E-state index in [-0.39, 0.29) is 5.91 Å². The molecule has 1 amide bonds. The third-order valence-corrected chi connectivity index (χ3v) is 2.76. The molecule has 0 saturated heterocycles. The second kappa shape index (κ2) is 5.13. The van der Waals surface area contributed by atoms with Gasteiger partial charge in [0, 0.05) is 31.1 Å². The van der Waals surface area contributed by atoms with Crippen LogP contribution < -0.4 is 0 Å². The van der Waals surface area contributed by atoms with Gasteiger partial charge in [-0.15, -0.1) is 0 Å². The van der Waals surface area contributed by atoms with Gasteiger partial charge < -0.3 is 4.90 Å². The molecule has 0 radical (unpaired) electrons. The highest BCUT2D eigenvalue weighted by Gasteiger charge is 2.31. The summed E-state index contributed by atoms with van der Waals surface area (Å²) in [6, 6.07) is 4.35. The molecule has 1 aliphatic rings. The minimum Gasteiger partial charge on any atom is -0.332 e. The van der Waals surface area contributed by atoms with Gasteiger partial charge >= 0.3 is 0 Å². The standard InChI is InChI=1S/C14H18N2O/c1-11(2)8-14(17)16(13-5-6-13)10-12-4-3-7-15-9-12/h3-4,7-9,13H,5-6,10H2,1-2H3. The van der Waals surface area contributed by atoms with Gasteiger partial charge in [-0.05, 0) is 38.3 Å². The van der Waals surface area contributed by atoms with Crippen LogP contribution in [0.4, 0.5) is 0 Å². The van der Waals surface area contributed by atoms with Crippen molar-refractivity contribution in [3.63, 3.8) is 0 Å². The molecule has 1 aromatic heterocycles. The molecular formula is C14H18N2O. The number of hydrogen-bond donors (Lipinski definition) is 0. The third-order valence-electron chi connectivity index (χ3n) is 2.76. The summed E-state index contributed by atoms with van der Waals surface area (Å²) in [6.07, 6.45) is 7.55. The molecule has 0 aromatic carbocycles. The fourth-order valence-corrected chi connectivity index (χ4v) is 1.79. The molecule has 2 rings (SSSR count). The summed E-state index contributed by atoms with van der Waals surface area (Å²) in [5.74, 6) is 0.122. The Hall–Kier alpha value is -1.64. The van der Waals surface area contributed by atoms with Gasteiger partial charge in [0.05, 0.1) is 0 Å². The first-order valence-electron chi connectivity index (χ1n) is 6.01. The average Bonchev–Trinajstić information content (AvgIpc) is 3.10. The first-order valence-corrected chi connectivity index (χ1v) is 6.01. The molecule has 1 heterocycles. The van der Waals surface area contributed by atoms with Crippen LogP contribution >= 0.6 is 0 Å². The van der Waals surface area contributed by atoms with Crippen molar-refractivity contribution < 1.29 is 4.79 Å². The monoisotopic (exact) mass is 230 g/mol. The van der Waals surface area contributed by atoms with Gasteiger partial charge in [-0.2, -0.15) is 0 Å². The highest BCUT2D eigenvalue weighted by Crippen LogP contribution is 2.28. The van der Waals surface area contributed by atoms with Gasteiger partial charge in [-0.3, -0.25) is 9.78 Å². The Morgan fingerprint density at radius 3 is 2.82 bits per heavy atom. The molecule has 0 N–H and O–H groups in total. The summed E-state index contributed by atoms with van der Waals surface area (Å²) in [5, 5.41) is 0. The Balaban J connectivity index is 2.08. The maximum Gasteiger partial charge on any atom is 0.247 e. The predicted molar refractivity (Wildman–Crippen MR) is 67.2 cm³/mol. The molecule has 3 heteroatoms. The number of rotatable bonds is 4. The van der Waals surface area contributed by atoms with E-state index < -0.39 is 0 Å². The average molecular weight is 230 g/mol. The van der Waals surface area contributed by atoms with Crippen molar-refractivity contribution in [2.24, 2.45) is 0 Å². The first kappa shape index (κ1) is 11.8. The summed E-state index contributed by atoms with van der Waals surface area (Å²) in [6.45, 7) is 4.57. The quantitative estimate of drug-likeness (QED) is 0.745. The predicted octanol–water partition coefficient (Wildman–Crippen LogP) is 2.54. The highest BCUT2D eigenvalue weighted by molar-refractivity contribution is 5.88. The Bertz CT molecular complexity index is 417. The normalized spacial score (nSPS) is 14.2. The van der Waals surface area contributed by atoms with Crippen LogP contribution in [0.25, 0.3) is 0 Å². The molecule has 0 unspecified atom stereocenters. The van der Waals surface area contributed by atoms with E-state index in [0.717, 1.165) is 24.0 Å². The minimum atomic E-state index is 0.122. The van der Waals surface area contributed by atoms with Crippen LogP contribution in [-0.4, -0.2) is 21.8 Å². The van der Waals surface area contributed by atoms with Crippen molar-refractivity contribution in [1.82, 2.24) is 9.88 Å². The van der Waals surface area contributed by atoms with E-state index in [1.54, 1.807) is 12.3 Å². The van der Waals surface area contributed by atoms with E-state index >= 15 is 0 Å². The first-order chi connectivity index (χ1) is 8.16. The van der Waals surface area contributed by atoms with Crippen LogP contribution in [0.5, 0.6) is 0 Å².